The van der Waals surface area contributed by atoms with Crippen LogP contribution in [-0.2, 0) is 9.53 Å². The van der Waals surface area contributed by atoms with Crippen LogP contribution in [0.25, 0.3) is 0 Å². The van der Waals surface area contributed by atoms with Crippen LogP contribution in [0.1, 0.15) is 30.1 Å². The number of esters is 1. The summed E-state index contributed by atoms with van der Waals surface area (Å²) in [5.41, 5.74) is 6.32. The van der Waals surface area contributed by atoms with Gasteiger partial charge in [-0.3, -0.25) is 4.79 Å². The number of piperidine rings is 1. The minimum Gasteiger partial charge on any atom is -0.465 e. The van der Waals surface area contributed by atoms with E-state index in [-0.39, 0.29) is 23.9 Å². The smallest absolute Gasteiger partial charge is 0.337 e. The predicted molar refractivity (Wildman–Crippen MR) is 84.9 cm³/mol. The van der Waals surface area contributed by atoms with Gasteiger partial charge in [0, 0.05) is 18.3 Å². The van der Waals surface area contributed by atoms with E-state index in [1.807, 2.05) is 6.92 Å². The minimum atomic E-state index is -0.433. The highest BCUT2D eigenvalue weighted by molar-refractivity contribution is 5.92. The first-order chi connectivity index (χ1) is 10.9. The molecule has 124 valence electrons. The molecule has 0 saturated carbocycles. The largest absolute Gasteiger partial charge is 0.465 e. The number of amides is 3. The van der Waals surface area contributed by atoms with Crippen molar-refractivity contribution in [1.82, 2.24) is 4.90 Å². The number of methoxy groups -OCH3 is 1. The lowest BCUT2D eigenvalue weighted by molar-refractivity contribution is -0.123. The topological polar surface area (TPSA) is 102 Å². The van der Waals surface area contributed by atoms with Crippen LogP contribution in [0.5, 0.6) is 0 Å². The summed E-state index contributed by atoms with van der Waals surface area (Å²) in [6.07, 6.45) is 1.44. The molecule has 0 spiro atoms. The highest BCUT2D eigenvalue weighted by atomic mass is 16.5. The number of anilines is 1. The molecule has 7 nitrogen and oxygen atoms in total. The summed E-state index contributed by atoms with van der Waals surface area (Å²) in [6, 6.07) is 6.17. The van der Waals surface area contributed by atoms with E-state index in [2.05, 4.69) is 10.1 Å². The Labute approximate surface area is 134 Å². The third kappa shape index (κ3) is 4.00. The molecule has 2 atom stereocenters. The fourth-order valence-electron chi connectivity index (χ4n) is 2.62. The van der Waals surface area contributed by atoms with Crippen molar-refractivity contribution in [1.29, 1.82) is 0 Å². The Kier molecular flexibility index (Phi) is 5.20. The molecule has 1 fully saturated rings. The first-order valence-electron chi connectivity index (χ1n) is 7.47. The number of hydrogen-bond acceptors (Lipinski definition) is 4. The van der Waals surface area contributed by atoms with Crippen molar-refractivity contribution < 1.29 is 19.1 Å². The van der Waals surface area contributed by atoms with Crippen LogP contribution in [0.15, 0.2) is 24.3 Å². The number of urea groups is 1. The molecule has 7 heteroatoms. The summed E-state index contributed by atoms with van der Waals surface area (Å²) in [6.45, 7) is 2.26. The number of nitrogens with one attached hydrogen (secondary N) is 1. The molecule has 23 heavy (non-hydrogen) atoms. The van der Waals surface area contributed by atoms with Gasteiger partial charge in [-0.15, -0.1) is 0 Å². The lowest BCUT2D eigenvalue weighted by atomic mass is 9.93. The van der Waals surface area contributed by atoms with Crippen molar-refractivity contribution >= 4 is 23.6 Å². The Morgan fingerprint density at radius 3 is 2.43 bits per heavy atom. The highest BCUT2D eigenvalue weighted by Crippen LogP contribution is 2.22. The zero-order valence-electron chi connectivity index (χ0n) is 13.2. The predicted octanol–water partition coefficient (Wildman–Crippen LogP) is 1.59. The molecule has 1 aliphatic heterocycles. The van der Waals surface area contributed by atoms with Crippen molar-refractivity contribution in [3.63, 3.8) is 0 Å². The number of nitrogens with zero attached hydrogens (tertiary/aromatic N) is 1. The molecule has 0 bridgehead atoms. The zero-order valence-corrected chi connectivity index (χ0v) is 13.2. The van der Waals surface area contributed by atoms with Crippen LogP contribution in [0.3, 0.4) is 0 Å². The zero-order chi connectivity index (χ0) is 17.0. The second-order valence-electron chi connectivity index (χ2n) is 5.68. The lowest BCUT2D eigenvalue weighted by Gasteiger charge is -2.36. The van der Waals surface area contributed by atoms with Gasteiger partial charge in [0.25, 0.3) is 0 Å². The maximum Gasteiger partial charge on any atom is 0.337 e. The molecule has 3 N–H and O–H groups in total. The molecule has 0 aromatic heterocycles. The van der Waals surface area contributed by atoms with Crippen molar-refractivity contribution in [2.45, 2.75) is 25.8 Å². The van der Waals surface area contributed by atoms with Crippen LogP contribution < -0.4 is 11.1 Å². The lowest BCUT2D eigenvalue weighted by Crippen LogP contribution is -2.50. The number of rotatable bonds is 3. The van der Waals surface area contributed by atoms with Crippen LogP contribution in [0.2, 0.25) is 0 Å². The van der Waals surface area contributed by atoms with E-state index in [4.69, 9.17) is 5.73 Å². The number of likely N-dealkylation sites (tertiary alicyclic amines) is 1. The van der Waals surface area contributed by atoms with Gasteiger partial charge in [0.2, 0.25) is 5.91 Å². The number of nitrogens with two attached hydrogens (primary N) is 1. The van der Waals surface area contributed by atoms with Crippen LogP contribution in [0.4, 0.5) is 10.5 Å². The standard InChI is InChI=1S/C16H21N3O4/c1-10-3-4-12(14(17)20)9-19(10)16(22)18-13-7-5-11(6-8-13)15(21)23-2/h5-8,10,12H,3-4,9H2,1-2H3,(H2,17,20)(H,18,22). The number of primary amides is 1. The molecule has 1 heterocycles. The summed E-state index contributed by atoms with van der Waals surface area (Å²) >= 11 is 0. The summed E-state index contributed by atoms with van der Waals surface area (Å²) in [5.74, 6) is -1.12. The molecule has 1 aromatic carbocycles. The maximum absolute atomic E-state index is 12.4. The Balaban J connectivity index is 2.02. The van der Waals surface area contributed by atoms with Gasteiger partial charge in [0.05, 0.1) is 18.6 Å². The van der Waals surface area contributed by atoms with Crippen molar-refractivity contribution in [2.24, 2.45) is 11.7 Å². The molecule has 2 unspecified atom stereocenters. The summed E-state index contributed by atoms with van der Waals surface area (Å²) in [7, 11) is 1.31. The fraction of sp³-hybridized carbons (Fsp3) is 0.438. The van der Waals surface area contributed by atoms with Gasteiger partial charge in [0.1, 0.15) is 0 Å². The summed E-state index contributed by atoms with van der Waals surface area (Å²) in [5, 5.41) is 2.77. The van der Waals surface area contributed by atoms with Crippen molar-refractivity contribution in [3.05, 3.63) is 29.8 Å². The van der Waals surface area contributed by atoms with E-state index < -0.39 is 5.97 Å². The number of benzene rings is 1. The molecule has 3 amide bonds. The SMILES string of the molecule is COC(=O)c1ccc(NC(=O)N2CC(C(N)=O)CCC2C)cc1. The van der Waals surface area contributed by atoms with E-state index in [0.717, 1.165) is 6.42 Å². The van der Waals surface area contributed by atoms with Gasteiger partial charge in [-0.25, -0.2) is 9.59 Å². The molecule has 1 saturated heterocycles. The molecular formula is C16H21N3O4. The average molecular weight is 319 g/mol. The first-order valence-corrected chi connectivity index (χ1v) is 7.47. The van der Waals surface area contributed by atoms with E-state index in [0.29, 0.717) is 24.2 Å². The Morgan fingerprint density at radius 1 is 1.22 bits per heavy atom. The summed E-state index contributed by atoms with van der Waals surface area (Å²) < 4.78 is 4.62. The molecule has 0 aliphatic carbocycles. The second kappa shape index (κ2) is 7.13. The monoisotopic (exact) mass is 319 g/mol. The van der Waals surface area contributed by atoms with E-state index in [1.54, 1.807) is 29.2 Å². The minimum absolute atomic E-state index is 0.0416. The molecule has 1 aliphatic rings. The van der Waals surface area contributed by atoms with Crippen molar-refractivity contribution in [2.75, 3.05) is 19.0 Å². The van der Waals surface area contributed by atoms with Gasteiger partial charge < -0.3 is 20.7 Å². The highest BCUT2D eigenvalue weighted by Gasteiger charge is 2.31. The van der Waals surface area contributed by atoms with E-state index >= 15 is 0 Å². The number of hydrogen-bond donors (Lipinski definition) is 2. The third-order valence-electron chi connectivity index (χ3n) is 4.10. The van der Waals surface area contributed by atoms with Crippen LogP contribution >= 0.6 is 0 Å². The molecule has 0 radical (unpaired) electrons. The molecule has 2 rings (SSSR count). The second-order valence-corrected chi connectivity index (χ2v) is 5.68. The van der Waals surface area contributed by atoms with Gasteiger partial charge >= 0.3 is 12.0 Å². The third-order valence-corrected chi connectivity index (χ3v) is 4.10. The van der Waals surface area contributed by atoms with Gasteiger partial charge in [-0.2, -0.15) is 0 Å². The maximum atomic E-state index is 12.4. The Morgan fingerprint density at radius 2 is 1.87 bits per heavy atom. The fourth-order valence-corrected chi connectivity index (χ4v) is 2.62. The van der Waals surface area contributed by atoms with E-state index in [9.17, 15) is 14.4 Å². The van der Waals surface area contributed by atoms with Gasteiger partial charge in [0.15, 0.2) is 0 Å². The van der Waals surface area contributed by atoms with Crippen LogP contribution in [-0.4, -0.2) is 42.5 Å². The van der Waals surface area contributed by atoms with Gasteiger partial charge in [-0.05, 0) is 44.0 Å². The summed E-state index contributed by atoms with van der Waals surface area (Å²) in [4.78, 5) is 36.7. The molecule has 1 aromatic rings. The normalized spacial score (nSPS) is 20.7. The van der Waals surface area contributed by atoms with Crippen molar-refractivity contribution in [3.8, 4) is 0 Å². The van der Waals surface area contributed by atoms with Gasteiger partial charge in [-0.1, -0.05) is 0 Å². The quantitative estimate of drug-likeness (QED) is 0.826. The van der Waals surface area contributed by atoms with E-state index in [1.165, 1.54) is 7.11 Å². The Hall–Kier alpha value is -2.57. The number of carbonyl (C=O) groups is 3. The molecular weight excluding hydrogens is 298 g/mol. The van der Waals surface area contributed by atoms with Crippen LogP contribution in [0, 0.1) is 5.92 Å². The number of carbonyl (C=O) groups excluding carboxylic acids is 3. The number of ether oxygens (including phenoxy) is 1. The average Bonchev–Trinajstić information content (AvgIpc) is 2.54. The Bertz CT molecular complexity index is 600. The first kappa shape index (κ1) is 16.8.